The number of pyridine rings is 1. The summed E-state index contributed by atoms with van der Waals surface area (Å²) >= 11 is 7.40. The van der Waals surface area contributed by atoms with E-state index in [-0.39, 0.29) is 0 Å². The van der Waals surface area contributed by atoms with E-state index in [2.05, 4.69) is 10.3 Å². The van der Waals surface area contributed by atoms with Crippen molar-refractivity contribution in [3.05, 3.63) is 39.2 Å². The summed E-state index contributed by atoms with van der Waals surface area (Å²) in [5.74, 6) is 0.726. The van der Waals surface area contributed by atoms with Gasteiger partial charge >= 0.3 is 0 Å². The SMILES string of the molecule is Cc1ccc(N)c(NCc2ccc(Cl)s2)n1. The van der Waals surface area contributed by atoms with Crippen LogP contribution in [0.1, 0.15) is 10.6 Å². The van der Waals surface area contributed by atoms with Crippen LogP contribution in [0.5, 0.6) is 0 Å². The zero-order valence-corrected chi connectivity index (χ0v) is 10.4. The molecule has 0 radical (unpaired) electrons. The van der Waals surface area contributed by atoms with E-state index in [9.17, 15) is 0 Å². The highest BCUT2D eigenvalue weighted by atomic mass is 35.5. The van der Waals surface area contributed by atoms with Crippen LogP contribution >= 0.6 is 22.9 Å². The van der Waals surface area contributed by atoms with Gasteiger partial charge in [-0.15, -0.1) is 11.3 Å². The van der Waals surface area contributed by atoms with Crippen LogP contribution in [0.2, 0.25) is 4.34 Å². The Morgan fingerprint density at radius 1 is 1.38 bits per heavy atom. The molecule has 2 heterocycles. The fraction of sp³-hybridized carbons (Fsp3) is 0.182. The smallest absolute Gasteiger partial charge is 0.149 e. The van der Waals surface area contributed by atoms with Gasteiger partial charge in [-0.3, -0.25) is 0 Å². The van der Waals surface area contributed by atoms with Crippen molar-refractivity contribution in [1.29, 1.82) is 0 Å². The summed E-state index contributed by atoms with van der Waals surface area (Å²) in [6.07, 6.45) is 0. The Bertz CT molecular complexity index is 496. The van der Waals surface area contributed by atoms with Crippen LogP contribution in [0, 0.1) is 6.92 Å². The Kier molecular flexibility index (Phi) is 3.31. The van der Waals surface area contributed by atoms with Gasteiger partial charge in [0.05, 0.1) is 16.6 Å². The van der Waals surface area contributed by atoms with Crippen LogP contribution in [-0.2, 0) is 6.54 Å². The quantitative estimate of drug-likeness (QED) is 0.883. The van der Waals surface area contributed by atoms with Gasteiger partial charge < -0.3 is 11.1 Å². The second-order valence-electron chi connectivity index (χ2n) is 3.45. The Morgan fingerprint density at radius 3 is 2.88 bits per heavy atom. The minimum atomic E-state index is 0.660. The maximum Gasteiger partial charge on any atom is 0.149 e. The largest absolute Gasteiger partial charge is 0.396 e. The first-order valence-electron chi connectivity index (χ1n) is 4.86. The third kappa shape index (κ3) is 2.65. The van der Waals surface area contributed by atoms with Gasteiger partial charge in [-0.05, 0) is 31.2 Å². The molecular weight excluding hydrogens is 242 g/mol. The highest BCUT2D eigenvalue weighted by Crippen LogP contribution is 2.23. The number of thiophene rings is 1. The summed E-state index contributed by atoms with van der Waals surface area (Å²) < 4.78 is 0.793. The van der Waals surface area contributed by atoms with E-state index in [0.29, 0.717) is 12.2 Å². The molecule has 16 heavy (non-hydrogen) atoms. The predicted octanol–water partition coefficient (Wildman–Crippen LogP) is 3.30. The topological polar surface area (TPSA) is 50.9 Å². The van der Waals surface area contributed by atoms with Crippen LogP contribution < -0.4 is 11.1 Å². The highest BCUT2D eigenvalue weighted by molar-refractivity contribution is 7.16. The first kappa shape index (κ1) is 11.2. The van der Waals surface area contributed by atoms with Crippen molar-refractivity contribution < 1.29 is 0 Å². The van der Waals surface area contributed by atoms with E-state index >= 15 is 0 Å². The molecule has 0 saturated carbocycles. The molecule has 3 N–H and O–H groups in total. The number of hydrogen-bond acceptors (Lipinski definition) is 4. The summed E-state index contributed by atoms with van der Waals surface area (Å²) in [6.45, 7) is 2.63. The Labute approximate surface area is 103 Å². The molecule has 2 aromatic heterocycles. The number of aromatic nitrogens is 1. The number of hydrogen-bond donors (Lipinski definition) is 2. The molecule has 0 aliphatic rings. The molecule has 0 fully saturated rings. The number of rotatable bonds is 3. The first-order valence-corrected chi connectivity index (χ1v) is 6.06. The van der Waals surface area contributed by atoms with Gasteiger partial charge in [0.25, 0.3) is 0 Å². The molecule has 0 amide bonds. The highest BCUT2D eigenvalue weighted by Gasteiger charge is 2.02. The number of nitrogen functional groups attached to an aromatic ring is 1. The van der Waals surface area contributed by atoms with E-state index in [1.165, 1.54) is 0 Å². The minimum absolute atomic E-state index is 0.660. The van der Waals surface area contributed by atoms with Gasteiger partial charge in [-0.25, -0.2) is 4.98 Å². The minimum Gasteiger partial charge on any atom is -0.396 e. The van der Waals surface area contributed by atoms with Crippen LogP contribution in [-0.4, -0.2) is 4.98 Å². The van der Waals surface area contributed by atoms with Gasteiger partial charge in [0.2, 0.25) is 0 Å². The monoisotopic (exact) mass is 253 g/mol. The lowest BCUT2D eigenvalue weighted by molar-refractivity contribution is 1.11. The molecule has 0 aromatic carbocycles. The zero-order chi connectivity index (χ0) is 11.5. The summed E-state index contributed by atoms with van der Waals surface area (Å²) in [5.41, 5.74) is 7.42. The molecule has 3 nitrogen and oxygen atoms in total. The van der Waals surface area contributed by atoms with Crippen molar-refractivity contribution in [3.63, 3.8) is 0 Å². The van der Waals surface area contributed by atoms with Gasteiger partial charge in [0.15, 0.2) is 0 Å². The second kappa shape index (κ2) is 4.72. The Balaban J connectivity index is 2.07. The van der Waals surface area contributed by atoms with Crippen molar-refractivity contribution in [1.82, 2.24) is 4.98 Å². The van der Waals surface area contributed by atoms with Gasteiger partial charge in [0.1, 0.15) is 5.82 Å². The van der Waals surface area contributed by atoms with Crippen LogP contribution in [0.25, 0.3) is 0 Å². The second-order valence-corrected chi connectivity index (χ2v) is 5.25. The normalized spacial score (nSPS) is 10.4. The molecule has 0 aliphatic heterocycles. The van der Waals surface area contributed by atoms with Crippen LogP contribution in [0.3, 0.4) is 0 Å². The van der Waals surface area contributed by atoms with Crippen molar-refractivity contribution in [2.45, 2.75) is 13.5 Å². The summed E-state index contributed by atoms with van der Waals surface area (Å²) in [7, 11) is 0. The lowest BCUT2D eigenvalue weighted by Crippen LogP contribution is -2.04. The van der Waals surface area contributed by atoms with Gasteiger partial charge in [0, 0.05) is 10.6 Å². The average Bonchev–Trinajstić information content (AvgIpc) is 2.66. The van der Waals surface area contributed by atoms with Crippen LogP contribution in [0.15, 0.2) is 24.3 Å². The number of nitrogens with zero attached hydrogens (tertiary/aromatic N) is 1. The molecule has 2 aromatic rings. The summed E-state index contributed by atoms with van der Waals surface area (Å²) in [5, 5.41) is 3.20. The molecular formula is C11H12ClN3S. The van der Waals surface area contributed by atoms with Crippen molar-refractivity contribution >= 4 is 34.4 Å². The molecule has 0 aliphatic carbocycles. The summed E-state index contributed by atoms with van der Waals surface area (Å²) in [6, 6.07) is 7.62. The zero-order valence-electron chi connectivity index (χ0n) is 8.83. The number of aryl methyl sites for hydroxylation is 1. The standard InChI is InChI=1S/C11H12ClN3S/c1-7-2-4-9(13)11(15-7)14-6-8-3-5-10(12)16-8/h2-5H,6,13H2,1H3,(H,14,15). The Hall–Kier alpha value is -1.26. The van der Waals surface area contributed by atoms with E-state index in [1.807, 2.05) is 31.2 Å². The third-order valence-electron chi connectivity index (χ3n) is 2.12. The van der Waals surface area contributed by atoms with E-state index < -0.39 is 0 Å². The van der Waals surface area contributed by atoms with E-state index in [4.69, 9.17) is 17.3 Å². The molecule has 84 valence electrons. The van der Waals surface area contributed by atoms with Gasteiger partial charge in [-0.1, -0.05) is 11.6 Å². The molecule has 5 heteroatoms. The molecule has 0 spiro atoms. The predicted molar refractivity (Wildman–Crippen MR) is 70.0 cm³/mol. The molecule has 0 atom stereocenters. The number of halogens is 1. The molecule has 0 saturated heterocycles. The molecule has 0 unspecified atom stereocenters. The van der Waals surface area contributed by atoms with Crippen LogP contribution in [0.4, 0.5) is 11.5 Å². The van der Waals surface area contributed by atoms with E-state index in [1.54, 1.807) is 11.3 Å². The lowest BCUT2D eigenvalue weighted by atomic mass is 10.3. The molecule has 2 rings (SSSR count). The average molecular weight is 254 g/mol. The fourth-order valence-electron chi connectivity index (χ4n) is 1.33. The van der Waals surface area contributed by atoms with Crippen molar-refractivity contribution in [2.24, 2.45) is 0 Å². The number of nitrogens with two attached hydrogens (primary N) is 1. The Morgan fingerprint density at radius 2 is 2.19 bits per heavy atom. The number of anilines is 2. The summed E-state index contributed by atoms with van der Waals surface area (Å²) in [4.78, 5) is 5.49. The van der Waals surface area contributed by atoms with Crippen molar-refractivity contribution in [3.8, 4) is 0 Å². The van der Waals surface area contributed by atoms with E-state index in [0.717, 1.165) is 20.7 Å². The number of nitrogens with one attached hydrogen (secondary N) is 1. The maximum absolute atomic E-state index is 5.85. The fourth-order valence-corrected chi connectivity index (χ4v) is 2.35. The van der Waals surface area contributed by atoms with Crippen molar-refractivity contribution in [2.75, 3.05) is 11.1 Å². The maximum atomic E-state index is 5.85. The molecule has 0 bridgehead atoms. The van der Waals surface area contributed by atoms with Gasteiger partial charge in [-0.2, -0.15) is 0 Å². The third-order valence-corrected chi connectivity index (χ3v) is 3.36. The first-order chi connectivity index (χ1) is 7.65. The lowest BCUT2D eigenvalue weighted by Gasteiger charge is -2.07.